The highest BCUT2D eigenvalue weighted by molar-refractivity contribution is 5.12. The van der Waals surface area contributed by atoms with E-state index in [1.165, 1.54) is 37.1 Å². The predicted molar refractivity (Wildman–Crippen MR) is 87.8 cm³/mol. The van der Waals surface area contributed by atoms with Crippen LogP contribution in [0.4, 0.5) is 0 Å². The van der Waals surface area contributed by atoms with Crippen molar-refractivity contribution < 1.29 is 0 Å². The maximum atomic E-state index is 5.92. The lowest BCUT2D eigenvalue weighted by Crippen LogP contribution is -2.49. The second-order valence-electron chi connectivity index (χ2n) is 7.11. The summed E-state index contributed by atoms with van der Waals surface area (Å²) < 4.78 is 2.14. The van der Waals surface area contributed by atoms with Gasteiger partial charge in [0.05, 0.1) is 5.69 Å². The van der Waals surface area contributed by atoms with Crippen molar-refractivity contribution in [3.05, 3.63) is 17.5 Å². The molecule has 4 nitrogen and oxygen atoms in total. The molecule has 0 amide bonds. The molecule has 1 aromatic heterocycles. The van der Waals surface area contributed by atoms with Crippen LogP contribution >= 0.6 is 0 Å². The average molecular weight is 292 g/mol. The van der Waals surface area contributed by atoms with Gasteiger partial charge in [-0.15, -0.1) is 0 Å². The number of nitrogens with one attached hydrogen (secondary N) is 1. The van der Waals surface area contributed by atoms with Gasteiger partial charge in [0.15, 0.2) is 0 Å². The van der Waals surface area contributed by atoms with Crippen LogP contribution in [0.1, 0.15) is 64.8 Å². The number of nitrogens with zero attached hydrogens (tertiary/aromatic N) is 2. The third-order valence-electron chi connectivity index (χ3n) is 5.29. The van der Waals surface area contributed by atoms with Crippen molar-refractivity contribution in [1.29, 1.82) is 0 Å². The van der Waals surface area contributed by atoms with E-state index in [4.69, 9.17) is 5.84 Å². The first-order chi connectivity index (χ1) is 10.0. The van der Waals surface area contributed by atoms with Gasteiger partial charge in [-0.25, -0.2) is 0 Å². The van der Waals surface area contributed by atoms with Crippen LogP contribution in [0.5, 0.6) is 0 Å². The maximum absolute atomic E-state index is 5.92. The lowest BCUT2D eigenvalue weighted by molar-refractivity contribution is 0.0973. The summed E-state index contributed by atoms with van der Waals surface area (Å²) in [5.74, 6) is 6.56. The quantitative estimate of drug-likeness (QED) is 0.626. The maximum Gasteiger partial charge on any atom is 0.0624 e. The molecule has 2 unspecified atom stereocenters. The van der Waals surface area contributed by atoms with Crippen molar-refractivity contribution in [3.8, 4) is 0 Å². The minimum absolute atomic E-state index is 0.340. The van der Waals surface area contributed by atoms with Gasteiger partial charge in [0.1, 0.15) is 0 Å². The van der Waals surface area contributed by atoms with E-state index >= 15 is 0 Å². The third-order valence-corrected chi connectivity index (χ3v) is 5.29. The molecule has 21 heavy (non-hydrogen) atoms. The molecule has 4 heteroatoms. The van der Waals surface area contributed by atoms with Crippen LogP contribution in [0.15, 0.2) is 6.07 Å². The minimum atomic E-state index is 0.340. The fourth-order valence-electron chi connectivity index (χ4n) is 3.94. The first-order valence-electron chi connectivity index (χ1n) is 8.53. The highest BCUT2D eigenvalue weighted by Crippen LogP contribution is 2.42. The number of hydrogen-bond acceptors (Lipinski definition) is 3. The molecular weight excluding hydrogens is 260 g/mol. The zero-order chi connectivity index (χ0) is 15.5. The largest absolute Gasteiger partial charge is 0.271 e. The van der Waals surface area contributed by atoms with Crippen molar-refractivity contribution in [1.82, 2.24) is 15.2 Å². The molecule has 2 atom stereocenters. The molecule has 2 rings (SSSR count). The standard InChI is InChI=1S/C17H32N4/c1-5-13-11-14(21(6-2)20-13)12-16(19-18)15-9-7-8-10-17(15,3)4/h11,15-16,19H,5-10,12,18H2,1-4H3. The molecule has 1 fully saturated rings. The molecule has 0 radical (unpaired) electrons. The van der Waals surface area contributed by atoms with Gasteiger partial charge in [-0.1, -0.05) is 33.6 Å². The van der Waals surface area contributed by atoms with Crippen molar-refractivity contribution in [2.45, 2.75) is 78.8 Å². The SMILES string of the molecule is CCc1cc(CC(NN)C2CCCCC2(C)C)n(CC)n1. The van der Waals surface area contributed by atoms with Gasteiger partial charge in [0.2, 0.25) is 0 Å². The summed E-state index contributed by atoms with van der Waals surface area (Å²) in [6.45, 7) is 10.0. The Balaban J connectivity index is 2.16. The van der Waals surface area contributed by atoms with Crippen molar-refractivity contribution in [2.75, 3.05) is 0 Å². The molecule has 1 saturated carbocycles. The number of rotatable bonds is 6. The van der Waals surface area contributed by atoms with Gasteiger partial charge in [0, 0.05) is 24.7 Å². The summed E-state index contributed by atoms with van der Waals surface area (Å²) in [6, 6.07) is 2.59. The number of aromatic nitrogens is 2. The summed E-state index contributed by atoms with van der Waals surface area (Å²) in [4.78, 5) is 0. The Morgan fingerprint density at radius 1 is 1.43 bits per heavy atom. The van der Waals surface area contributed by atoms with E-state index in [0.717, 1.165) is 19.4 Å². The van der Waals surface area contributed by atoms with Crippen molar-refractivity contribution in [2.24, 2.45) is 17.2 Å². The summed E-state index contributed by atoms with van der Waals surface area (Å²) >= 11 is 0. The lowest BCUT2D eigenvalue weighted by Gasteiger charge is -2.43. The molecule has 1 aliphatic carbocycles. The molecule has 3 N–H and O–H groups in total. The highest BCUT2D eigenvalue weighted by atomic mass is 15.3. The van der Waals surface area contributed by atoms with E-state index in [0.29, 0.717) is 17.4 Å². The Bertz CT molecular complexity index is 450. The molecule has 1 aliphatic rings. The molecule has 1 aromatic rings. The molecule has 0 aliphatic heterocycles. The number of hydrazine groups is 1. The summed E-state index contributed by atoms with van der Waals surface area (Å²) in [6.07, 6.45) is 7.25. The van der Waals surface area contributed by atoms with Crippen molar-refractivity contribution >= 4 is 0 Å². The monoisotopic (exact) mass is 292 g/mol. The van der Waals surface area contributed by atoms with Gasteiger partial charge >= 0.3 is 0 Å². The van der Waals surface area contributed by atoms with Crippen LogP contribution in [0.3, 0.4) is 0 Å². The number of nitrogens with two attached hydrogens (primary N) is 1. The molecular formula is C17H32N4. The van der Waals surface area contributed by atoms with Crippen molar-refractivity contribution in [3.63, 3.8) is 0 Å². The van der Waals surface area contributed by atoms with Gasteiger partial charge < -0.3 is 0 Å². The topological polar surface area (TPSA) is 55.9 Å². The first-order valence-corrected chi connectivity index (χ1v) is 8.53. The van der Waals surface area contributed by atoms with Gasteiger partial charge in [-0.3, -0.25) is 16.0 Å². The van der Waals surface area contributed by atoms with Gasteiger partial charge in [-0.2, -0.15) is 5.10 Å². The summed E-state index contributed by atoms with van der Waals surface area (Å²) in [5, 5.41) is 4.66. The lowest BCUT2D eigenvalue weighted by atomic mass is 9.65. The summed E-state index contributed by atoms with van der Waals surface area (Å²) in [7, 11) is 0. The van der Waals surface area contributed by atoms with E-state index in [9.17, 15) is 0 Å². The Morgan fingerprint density at radius 3 is 2.76 bits per heavy atom. The van der Waals surface area contributed by atoms with Crippen LogP contribution in [0.25, 0.3) is 0 Å². The Hall–Kier alpha value is -0.870. The highest BCUT2D eigenvalue weighted by Gasteiger charge is 2.37. The van der Waals surface area contributed by atoms with Crippen LogP contribution in [0, 0.1) is 11.3 Å². The smallest absolute Gasteiger partial charge is 0.0624 e. The zero-order valence-electron chi connectivity index (χ0n) is 14.2. The fraction of sp³-hybridized carbons (Fsp3) is 0.824. The van der Waals surface area contributed by atoms with Crippen LogP contribution in [0.2, 0.25) is 0 Å². The fourth-order valence-corrected chi connectivity index (χ4v) is 3.94. The Morgan fingerprint density at radius 2 is 2.19 bits per heavy atom. The number of hydrogen-bond donors (Lipinski definition) is 2. The first kappa shape index (κ1) is 16.5. The zero-order valence-corrected chi connectivity index (χ0v) is 14.2. The normalized spacial score (nSPS) is 23.2. The van der Waals surface area contributed by atoms with Crippen LogP contribution in [-0.2, 0) is 19.4 Å². The number of aryl methyl sites for hydroxylation is 2. The molecule has 120 valence electrons. The third kappa shape index (κ3) is 3.67. The second-order valence-corrected chi connectivity index (χ2v) is 7.11. The molecule has 0 aromatic carbocycles. The predicted octanol–water partition coefficient (Wildman–Crippen LogP) is 3.06. The van der Waals surface area contributed by atoms with E-state index in [2.05, 4.69) is 49.0 Å². The van der Waals surface area contributed by atoms with E-state index in [1.54, 1.807) is 0 Å². The molecule has 1 heterocycles. The minimum Gasteiger partial charge on any atom is -0.271 e. The molecule has 0 saturated heterocycles. The average Bonchev–Trinajstić information content (AvgIpc) is 2.87. The van der Waals surface area contributed by atoms with E-state index in [-0.39, 0.29) is 0 Å². The Kier molecular flexibility index (Phi) is 5.44. The Labute approximate surface area is 129 Å². The van der Waals surface area contributed by atoms with Crippen LogP contribution in [-0.4, -0.2) is 15.8 Å². The van der Waals surface area contributed by atoms with Gasteiger partial charge in [0.25, 0.3) is 0 Å². The van der Waals surface area contributed by atoms with Crippen LogP contribution < -0.4 is 11.3 Å². The second kappa shape index (κ2) is 6.93. The summed E-state index contributed by atoms with van der Waals surface area (Å²) in [5.41, 5.74) is 5.99. The van der Waals surface area contributed by atoms with E-state index < -0.39 is 0 Å². The molecule has 0 spiro atoms. The molecule has 0 bridgehead atoms. The van der Waals surface area contributed by atoms with E-state index in [1.807, 2.05) is 0 Å². The van der Waals surface area contributed by atoms with Gasteiger partial charge in [-0.05, 0) is 43.6 Å².